The van der Waals surface area contributed by atoms with E-state index in [2.05, 4.69) is 25.8 Å². The van der Waals surface area contributed by atoms with Crippen molar-refractivity contribution >= 4 is 29.9 Å². The molecule has 5 amide bonds. The fourth-order valence-corrected chi connectivity index (χ4v) is 7.31. The quantitative estimate of drug-likeness (QED) is 0.282. The molecule has 16 heteroatoms. The van der Waals surface area contributed by atoms with Crippen molar-refractivity contribution in [3.63, 3.8) is 0 Å². The zero-order valence-electron chi connectivity index (χ0n) is 30.1. The normalized spacial score (nSPS) is 23.3. The van der Waals surface area contributed by atoms with Crippen molar-refractivity contribution in [2.24, 2.45) is 5.92 Å². The van der Waals surface area contributed by atoms with Gasteiger partial charge in [0.2, 0.25) is 5.91 Å². The van der Waals surface area contributed by atoms with Gasteiger partial charge in [-0.1, -0.05) is 0 Å². The van der Waals surface area contributed by atoms with E-state index in [-0.39, 0.29) is 56.0 Å². The number of nitrogens with one attached hydrogen (secondary N) is 3. The molecule has 0 spiro atoms. The Morgan fingerprint density at radius 1 is 0.960 bits per heavy atom. The Balaban J connectivity index is 1.21. The van der Waals surface area contributed by atoms with Gasteiger partial charge >= 0.3 is 23.9 Å². The first-order valence-corrected chi connectivity index (χ1v) is 17.8. The predicted octanol–water partition coefficient (Wildman–Crippen LogP) is 3.80. The van der Waals surface area contributed by atoms with Crippen LogP contribution in [0.5, 0.6) is 0 Å². The van der Waals surface area contributed by atoms with Crippen molar-refractivity contribution in [1.82, 2.24) is 34.9 Å². The van der Waals surface area contributed by atoms with Gasteiger partial charge in [0.15, 0.2) is 0 Å². The second-order valence-corrected chi connectivity index (χ2v) is 15.3. The van der Waals surface area contributed by atoms with Crippen LogP contribution < -0.4 is 21.6 Å². The lowest BCUT2D eigenvalue weighted by Gasteiger charge is -2.40. The number of halogens is 1. The number of carbonyl (C=O) groups excluding carboxylic acids is 3. The van der Waals surface area contributed by atoms with Crippen LogP contribution in [0.4, 0.5) is 24.6 Å². The first-order valence-electron chi connectivity index (χ1n) is 17.8. The topological polar surface area (TPSA) is 178 Å². The molecule has 1 aromatic rings. The average Bonchev–Trinajstić information content (AvgIpc) is 3.04. The van der Waals surface area contributed by atoms with Crippen LogP contribution in [-0.2, 0) is 9.53 Å². The number of alkyl halides is 1. The summed E-state index contributed by atoms with van der Waals surface area (Å²) in [6.07, 6.45) is 6.84. The molecular formula is C34H55FN8O7. The third-order valence-electron chi connectivity index (χ3n) is 9.88. The van der Waals surface area contributed by atoms with E-state index >= 15 is 0 Å². The number of ether oxygens (including phenoxy) is 1. The van der Waals surface area contributed by atoms with E-state index < -0.39 is 41.7 Å². The van der Waals surface area contributed by atoms with Gasteiger partial charge in [0.05, 0.1) is 0 Å². The second-order valence-electron chi connectivity index (χ2n) is 15.3. The van der Waals surface area contributed by atoms with E-state index in [4.69, 9.17) is 9.84 Å². The summed E-state index contributed by atoms with van der Waals surface area (Å²) in [4.78, 5) is 71.3. The van der Waals surface area contributed by atoms with Crippen LogP contribution in [0.3, 0.4) is 0 Å². The number of hydrogen-bond donors (Lipinski definition) is 4. The van der Waals surface area contributed by atoms with Crippen molar-refractivity contribution in [2.45, 2.75) is 115 Å². The number of piperazine rings is 1. The molecule has 0 aromatic carbocycles. The van der Waals surface area contributed by atoms with Crippen LogP contribution in [-0.4, -0.2) is 123 Å². The van der Waals surface area contributed by atoms with Crippen LogP contribution in [0, 0.1) is 5.92 Å². The highest BCUT2D eigenvalue weighted by Gasteiger charge is 2.36. The molecule has 15 nitrogen and oxygen atoms in total. The number of amides is 5. The van der Waals surface area contributed by atoms with Crippen molar-refractivity contribution in [3.8, 4) is 0 Å². The number of rotatable bonds is 10. The molecule has 1 aromatic heterocycles. The van der Waals surface area contributed by atoms with Gasteiger partial charge in [-0.25, -0.2) is 23.6 Å². The Bertz CT molecular complexity index is 1390. The van der Waals surface area contributed by atoms with Crippen LogP contribution in [0.1, 0.15) is 92.0 Å². The maximum absolute atomic E-state index is 13.6. The lowest BCUT2D eigenvalue weighted by atomic mass is 9.84. The third-order valence-corrected chi connectivity index (χ3v) is 9.88. The molecule has 0 atom stereocenters. The summed E-state index contributed by atoms with van der Waals surface area (Å²) in [6.45, 7) is 10.3. The molecular weight excluding hydrogens is 651 g/mol. The number of urea groups is 1. The fourth-order valence-electron chi connectivity index (χ4n) is 7.31. The van der Waals surface area contributed by atoms with Crippen LogP contribution in [0.25, 0.3) is 0 Å². The molecule has 3 aliphatic rings. The number of alkyl carbamates (subject to hydrolysis) is 1. The minimum absolute atomic E-state index is 0.00882. The van der Waals surface area contributed by atoms with Gasteiger partial charge in [0.1, 0.15) is 23.6 Å². The highest BCUT2D eigenvalue weighted by molar-refractivity contribution is 5.90. The first-order chi connectivity index (χ1) is 23.5. The second kappa shape index (κ2) is 16.8. The number of anilines is 1. The van der Waals surface area contributed by atoms with E-state index in [1.165, 1.54) is 23.6 Å². The fraction of sp³-hybridized carbons (Fsp3) is 0.765. The standard InChI is InChI=1S/C34H55FN8O7/c1-33(2,3)50-32(49)36-24-8-12-25(13-9-24)42(17-15-35)22-23-6-10-26(11-7-23)43-16-14-27(38-30(43)46)37-29(45)41-20-18-40(19-21-41)28(44)34(4,5)39-31(47)48/h14,16,23-26,39H,6-13,15,17-22H2,1-5H3,(H,36,49)(H,47,48)(H,37,38,45,46)/t23-,24-,25-,26-. The highest BCUT2D eigenvalue weighted by atomic mass is 19.1. The van der Waals surface area contributed by atoms with Gasteiger partial charge in [0, 0.05) is 63.6 Å². The van der Waals surface area contributed by atoms with Gasteiger partial charge in [-0.3, -0.25) is 19.6 Å². The Labute approximate surface area is 293 Å². The molecule has 4 rings (SSSR count). The van der Waals surface area contributed by atoms with Gasteiger partial charge in [-0.2, -0.15) is 4.98 Å². The molecule has 0 radical (unpaired) electrons. The molecule has 1 aliphatic heterocycles. The summed E-state index contributed by atoms with van der Waals surface area (Å²) in [6, 6.07) is 1.50. The lowest BCUT2D eigenvalue weighted by molar-refractivity contribution is -0.138. The Morgan fingerprint density at radius 2 is 1.58 bits per heavy atom. The summed E-state index contributed by atoms with van der Waals surface area (Å²) in [7, 11) is 0. The summed E-state index contributed by atoms with van der Waals surface area (Å²) in [5.41, 5.74) is -2.27. The van der Waals surface area contributed by atoms with Crippen molar-refractivity contribution in [2.75, 3.05) is 51.3 Å². The summed E-state index contributed by atoms with van der Waals surface area (Å²) < 4.78 is 20.6. The molecule has 2 saturated carbocycles. The summed E-state index contributed by atoms with van der Waals surface area (Å²) >= 11 is 0. The molecule has 50 heavy (non-hydrogen) atoms. The van der Waals surface area contributed by atoms with Gasteiger partial charge < -0.3 is 30.3 Å². The minimum atomic E-state index is -1.29. The Morgan fingerprint density at radius 3 is 2.14 bits per heavy atom. The number of hydrogen-bond acceptors (Lipinski definition) is 8. The molecule has 4 N–H and O–H groups in total. The molecule has 3 fully saturated rings. The zero-order chi connectivity index (χ0) is 36.6. The van der Waals surface area contributed by atoms with Gasteiger partial charge in [-0.15, -0.1) is 0 Å². The van der Waals surface area contributed by atoms with Crippen molar-refractivity contribution < 1.29 is 33.4 Å². The first kappa shape index (κ1) is 38.8. The van der Waals surface area contributed by atoms with Crippen LogP contribution in [0.15, 0.2) is 17.1 Å². The smallest absolute Gasteiger partial charge is 0.407 e. The third kappa shape index (κ3) is 11.0. The SMILES string of the molecule is CC(C)(C)OC(=O)N[C@H]1CC[C@H](N(CCF)C[C@H]2CC[C@H](n3ccc(NC(=O)N4CCN(C(=O)C(C)(C)NC(=O)O)CC4)nc3=O)CC2)CC1. The molecule has 0 bridgehead atoms. The maximum Gasteiger partial charge on any atom is 0.407 e. The number of carboxylic acid groups (broad SMARTS) is 1. The van der Waals surface area contributed by atoms with E-state index in [0.29, 0.717) is 12.5 Å². The largest absolute Gasteiger partial charge is 0.465 e. The average molecular weight is 707 g/mol. The minimum Gasteiger partial charge on any atom is -0.465 e. The zero-order valence-corrected chi connectivity index (χ0v) is 30.1. The Kier molecular flexibility index (Phi) is 13.1. The molecule has 1 saturated heterocycles. The van der Waals surface area contributed by atoms with Crippen molar-refractivity contribution in [3.05, 3.63) is 22.7 Å². The lowest BCUT2D eigenvalue weighted by Crippen LogP contribution is -2.60. The van der Waals surface area contributed by atoms with E-state index in [9.17, 15) is 28.4 Å². The van der Waals surface area contributed by atoms with Crippen LogP contribution in [0.2, 0.25) is 0 Å². The predicted molar refractivity (Wildman–Crippen MR) is 185 cm³/mol. The Hall–Kier alpha value is -3.95. The molecule has 280 valence electrons. The molecule has 2 aliphatic carbocycles. The van der Waals surface area contributed by atoms with Gasteiger partial charge in [-0.05, 0) is 98.0 Å². The van der Waals surface area contributed by atoms with Crippen molar-refractivity contribution in [1.29, 1.82) is 0 Å². The number of carbonyl (C=O) groups is 4. The number of nitrogens with zero attached hydrogens (tertiary/aromatic N) is 5. The molecule has 0 unspecified atom stereocenters. The highest BCUT2D eigenvalue weighted by Crippen LogP contribution is 2.33. The molecule has 2 heterocycles. The maximum atomic E-state index is 13.6. The summed E-state index contributed by atoms with van der Waals surface area (Å²) in [5, 5.41) is 16.9. The monoisotopic (exact) mass is 706 g/mol. The summed E-state index contributed by atoms with van der Waals surface area (Å²) in [5.74, 6) is 0.172. The van der Waals surface area contributed by atoms with Crippen LogP contribution >= 0.6 is 0 Å². The van der Waals surface area contributed by atoms with Gasteiger partial charge in [0.25, 0.3) is 0 Å². The number of aromatic nitrogens is 2. The van der Waals surface area contributed by atoms with E-state index in [1.807, 2.05) is 20.8 Å². The van der Waals surface area contributed by atoms with E-state index in [1.54, 1.807) is 16.8 Å². The van der Waals surface area contributed by atoms with E-state index in [0.717, 1.165) is 57.9 Å².